The number of halogens is 1. The third-order valence-electron chi connectivity index (χ3n) is 3.42. The highest BCUT2D eigenvalue weighted by atomic mass is 127. The van der Waals surface area contributed by atoms with E-state index in [4.69, 9.17) is 10.5 Å². The molecule has 0 heterocycles. The molecule has 0 radical (unpaired) electrons. The second-order valence-electron chi connectivity index (χ2n) is 5.34. The molecule has 0 aliphatic rings. The first-order chi connectivity index (χ1) is 11.2. The molecule has 5 nitrogen and oxygen atoms in total. The minimum absolute atomic E-state index is 0. The van der Waals surface area contributed by atoms with Gasteiger partial charge in [-0.1, -0.05) is 30.3 Å². The van der Waals surface area contributed by atoms with Gasteiger partial charge in [0.2, 0.25) is 0 Å². The van der Waals surface area contributed by atoms with Crippen molar-refractivity contribution in [2.75, 3.05) is 32.6 Å². The lowest BCUT2D eigenvalue weighted by molar-refractivity contribution is 0.336. The van der Waals surface area contributed by atoms with E-state index in [0.29, 0.717) is 12.5 Å². The van der Waals surface area contributed by atoms with E-state index in [1.165, 1.54) is 5.56 Å². The number of aliphatic imine (C=N–C) groups is 1. The maximum absolute atomic E-state index is 5.90. The molecule has 2 aromatic rings. The topological polar surface area (TPSA) is 62.9 Å². The fraction of sp³-hybridized carbons (Fsp3) is 0.278. The van der Waals surface area contributed by atoms with Crippen LogP contribution in [0.3, 0.4) is 0 Å². The summed E-state index contributed by atoms with van der Waals surface area (Å²) in [6.07, 6.45) is 0. The van der Waals surface area contributed by atoms with Crippen LogP contribution in [0, 0.1) is 0 Å². The van der Waals surface area contributed by atoms with Crippen molar-refractivity contribution in [3.05, 3.63) is 60.2 Å². The van der Waals surface area contributed by atoms with Crippen molar-refractivity contribution < 1.29 is 4.74 Å². The van der Waals surface area contributed by atoms with Crippen molar-refractivity contribution in [3.63, 3.8) is 0 Å². The number of benzene rings is 2. The summed E-state index contributed by atoms with van der Waals surface area (Å²) in [5.41, 5.74) is 8.09. The highest BCUT2D eigenvalue weighted by Gasteiger charge is 2.00. The molecule has 0 unspecified atom stereocenters. The van der Waals surface area contributed by atoms with E-state index >= 15 is 0 Å². The second-order valence-corrected chi connectivity index (χ2v) is 5.34. The van der Waals surface area contributed by atoms with E-state index in [2.05, 4.69) is 46.5 Å². The van der Waals surface area contributed by atoms with Crippen molar-refractivity contribution in [3.8, 4) is 5.75 Å². The zero-order valence-electron chi connectivity index (χ0n) is 14.1. The predicted molar refractivity (Wildman–Crippen MR) is 111 cm³/mol. The first-order valence-corrected chi connectivity index (χ1v) is 7.61. The Morgan fingerprint density at radius 2 is 1.79 bits per heavy atom. The molecular weight excluding hydrogens is 415 g/mol. The summed E-state index contributed by atoms with van der Waals surface area (Å²) in [7, 11) is 3.72. The Bertz CT molecular complexity index is 617. The van der Waals surface area contributed by atoms with Gasteiger partial charge in [-0.25, -0.2) is 0 Å². The highest BCUT2D eigenvalue weighted by molar-refractivity contribution is 14.0. The lowest BCUT2D eigenvalue weighted by atomic mass is 10.2. The van der Waals surface area contributed by atoms with Crippen LogP contribution in [-0.4, -0.2) is 38.1 Å². The molecule has 6 heteroatoms. The summed E-state index contributed by atoms with van der Waals surface area (Å²) in [4.78, 5) is 6.58. The van der Waals surface area contributed by atoms with Crippen LogP contribution in [0.2, 0.25) is 0 Å². The van der Waals surface area contributed by atoms with Crippen LogP contribution in [0.15, 0.2) is 59.6 Å². The van der Waals surface area contributed by atoms with Crippen LogP contribution in [-0.2, 0) is 6.54 Å². The number of hydrogen-bond acceptors (Lipinski definition) is 3. The molecule has 0 aliphatic heterocycles. The Labute approximate surface area is 160 Å². The van der Waals surface area contributed by atoms with E-state index in [0.717, 1.165) is 24.5 Å². The summed E-state index contributed by atoms with van der Waals surface area (Å²) in [6.45, 7) is 2.40. The van der Waals surface area contributed by atoms with Crippen molar-refractivity contribution in [2.45, 2.75) is 6.54 Å². The monoisotopic (exact) mass is 440 g/mol. The normalized spacial score (nSPS) is 11.0. The Kier molecular flexibility index (Phi) is 9.18. The smallest absolute Gasteiger partial charge is 0.193 e. The van der Waals surface area contributed by atoms with Crippen LogP contribution >= 0.6 is 24.0 Å². The predicted octanol–water partition coefficient (Wildman–Crippen LogP) is 3.17. The number of hydrogen-bond donors (Lipinski definition) is 2. The number of anilines is 1. The molecule has 0 saturated carbocycles. The van der Waals surface area contributed by atoms with Gasteiger partial charge in [-0.15, -0.1) is 24.0 Å². The van der Waals surface area contributed by atoms with Crippen LogP contribution < -0.4 is 15.8 Å². The number of ether oxygens (including phenoxy) is 1. The number of rotatable bonds is 7. The molecular formula is C18H25IN4O. The average molecular weight is 440 g/mol. The third kappa shape index (κ3) is 7.18. The second kappa shape index (κ2) is 10.9. The summed E-state index contributed by atoms with van der Waals surface area (Å²) in [6, 6.07) is 18.0. The van der Waals surface area contributed by atoms with Gasteiger partial charge >= 0.3 is 0 Å². The maximum Gasteiger partial charge on any atom is 0.193 e. The zero-order valence-corrected chi connectivity index (χ0v) is 16.4. The van der Waals surface area contributed by atoms with E-state index in [1.807, 2.05) is 30.3 Å². The van der Waals surface area contributed by atoms with Crippen LogP contribution in [0.1, 0.15) is 5.56 Å². The fourth-order valence-corrected chi connectivity index (χ4v) is 2.18. The summed E-state index contributed by atoms with van der Waals surface area (Å²) in [5, 5.41) is 3.07. The van der Waals surface area contributed by atoms with Gasteiger partial charge in [0.1, 0.15) is 5.75 Å². The van der Waals surface area contributed by atoms with Crippen LogP contribution in [0.4, 0.5) is 5.69 Å². The molecule has 0 spiro atoms. The van der Waals surface area contributed by atoms with Gasteiger partial charge in [-0.2, -0.15) is 0 Å². The molecule has 0 fully saturated rings. The average Bonchev–Trinajstić information content (AvgIpc) is 2.56. The third-order valence-corrected chi connectivity index (χ3v) is 3.42. The maximum atomic E-state index is 5.90. The lowest BCUT2D eigenvalue weighted by Gasteiger charge is -2.15. The molecule has 2 aromatic carbocycles. The zero-order chi connectivity index (χ0) is 16.5. The van der Waals surface area contributed by atoms with Crippen molar-refractivity contribution in [1.82, 2.24) is 4.90 Å². The van der Waals surface area contributed by atoms with Crippen molar-refractivity contribution in [1.29, 1.82) is 0 Å². The van der Waals surface area contributed by atoms with E-state index < -0.39 is 0 Å². The Morgan fingerprint density at radius 3 is 2.42 bits per heavy atom. The molecule has 130 valence electrons. The first-order valence-electron chi connectivity index (χ1n) is 7.61. The van der Waals surface area contributed by atoms with Gasteiger partial charge in [0, 0.05) is 18.8 Å². The van der Waals surface area contributed by atoms with Gasteiger partial charge in [0.05, 0.1) is 13.7 Å². The minimum Gasteiger partial charge on any atom is -0.497 e. The fourth-order valence-electron chi connectivity index (χ4n) is 2.18. The van der Waals surface area contributed by atoms with Gasteiger partial charge in [-0.3, -0.25) is 4.99 Å². The molecule has 2 rings (SSSR count). The van der Waals surface area contributed by atoms with Gasteiger partial charge in [-0.05, 0) is 36.9 Å². The Hall–Kier alpha value is -1.80. The van der Waals surface area contributed by atoms with E-state index in [-0.39, 0.29) is 24.0 Å². The SMILES string of the molecule is COc1ccc(NC(N)=NCCN(C)Cc2ccccc2)cc1.I. The molecule has 0 bridgehead atoms. The standard InChI is InChI=1S/C18H24N4O.HI/c1-22(14-15-6-4-3-5-7-15)13-12-20-18(19)21-16-8-10-17(23-2)11-9-16;/h3-11H,12-14H2,1-2H3,(H3,19,20,21);1H. The van der Waals surface area contributed by atoms with Gasteiger partial charge < -0.3 is 20.7 Å². The van der Waals surface area contributed by atoms with Gasteiger partial charge in [0.25, 0.3) is 0 Å². The number of nitrogens with one attached hydrogen (secondary N) is 1. The Morgan fingerprint density at radius 1 is 1.12 bits per heavy atom. The first kappa shape index (κ1) is 20.2. The van der Waals surface area contributed by atoms with Gasteiger partial charge in [0.15, 0.2) is 5.96 Å². The molecule has 0 atom stereocenters. The summed E-state index contributed by atoms with van der Waals surface area (Å²) >= 11 is 0. The number of nitrogens with zero attached hydrogens (tertiary/aromatic N) is 2. The lowest BCUT2D eigenvalue weighted by Crippen LogP contribution is -2.26. The molecule has 0 aromatic heterocycles. The van der Waals surface area contributed by atoms with Crippen LogP contribution in [0.5, 0.6) is 5.75 Å². The summed E-state index contributed by atoms with van der Waals surface area (Å²) in [5.74, 6) is 1.23. The molecule has 24 heavy (non-hydrogen) atoms. The van der Waals surface area contributed by atoms with E-state index in [1.54, 1.807) is 7.11 Å². The highest BCUT2D eigenvalue weighted by Crippen LogP contribution is 2.14. The van der Waals surface area contributed by atoms with Crippen molar-refractivity contribution in [2.24, 2.45) is 10.7 Å². The number of likely N-dealkylation sites (N-methyl/N-ethyl adjacent to an activating group) is 1. The largest absolute Gasteiger partial charge is 0.497 e. The Balaban J connectivity index is 0.00000288. The quantitative estimate of drug-likeness (QED) is 0.395. The number of guanidine groups is 1. The van der Waals surface area contributed by atoms with Crippen LogP contribution in [0.25, 0.3) is 0 Å². The minimum atomic E-state index is 0. The molecule has 0 aliphatic carbocycles. The molecule has 0 amide bonds. The molecule has 3 N–H and O–H groups in total. The number of methoxy groups -OCH3 is 1. The summed E-state index contributed by atoms with van der Waals surface area (Å²) < 4.78 is 5.12. The molecule has 0 saturated heterocycles. The van der Waals surface area contributed by atoms with Crippen molar-refractivity contribution >= 4 is 35.6 Å². The number of nitrogens with two attached hydrogens (primary N) is 1. The van der Waals surface area contributed by atoms with E-state index in [9.17, 15) is 0 Å².